The Morgan fingerprint density at radius 1 is 0.842 bits per heavy atom. The molecule has 0 aliphatic heterocycles. The second-order valence-corrected chi connectivity index (χ2v) is 9.17. The highest BCUT2D eigenvalue weighted by Crippen LogP contribution is 2.39. The number of hydrogen-bond donors (Lipinski definition) is 1. The van der Waals surface area contributed by atoms with Gasteiger partial charge in [0.05, 0.1) is 11.1 Å². The molecule has 38 heavy (non-hydrogen) atoms. The summed E-state index contributed by atoms with van der Waals surface area (Å²) in [6.07, 6.45) is -8.82. The minimum absolute atomic E-state index is 0.0702. The molecule has 1 unspecified atom stereocenters. The fourth-order valence-corrected chi connectivity index (χ4v) is 4.77. The van der Waals surface area contributed by atoms with E-state index in [0.717, 1.165) is 23.5 Å². The monoisotopic (exact) mass is 556 g/mol. The fourth-order valence-electron chi connectivity index (χ4n) is 3.96. The summed E-state index contributed by atoms with van der Waals surface area (Å²) in [5.74, 6) is -4.06. The van der Waals surface area contributed by atoms with Gasteiger partial charge in [0.15, 0.2) is 0 Å². The van der Waals surface area contributed by atoms with E-state index in [1.807, 2.05) is 0 Å². The SMILES string of the molecule is O=C(NC(Cc1ccccc1)(c1cc(F)cc(C(F)(F)F)c1)c1nccs1)c1ccc(C(F)(F)F)c(F)c1. The zero-order valence-electron chi connectivity index (χ0n) is 19.0. The molecule has 3 aromatic carbocycles. The van der Waals surface area contributed by atoms with E-state index in [1.165, 1.54) is 11.6 Å². The Kier molecular flexibility index (Phi) is 7.29. The molecule has 3 nitrogen and oxygen atoms in total. The van der Waals surface area contributed by atoms with Gasteiger partial charge >= 0.3 is 12.4 Å². The molecule has 1 aromatic heterocycles. The van der Waals surface area contributed by atoms with Gasteiger partial charge in [-0.05, 0) is 47.5 Å². The molecule has 0 radical (unpaired) electrons. The number of amides is 1. The molecule has 0 aliphatic carbocycles. The summed E-state index contributed by atoms with van der Waals surface area (Å²) in [4.78, 5) is 17.5. The normalized spacial score (nSPS) is 13.7. The number of nitrogens with one attached hydrogen (secondary N) is 1. The fraction of sp³-hybridized carbons (Fsp3) is 0.154. The smallest absolute Gasteiger partial charge is 0.336 e. The quantitative estimate of drug-likeness (QED) is 0.252. The van der Waals surface area contributed by atoms with Crippen molar-refractivity contribution in [2.75, 3.05) is 0 Å². The number of thiazole rings is 1. The lowest BCUT2D eigenvalue weighted by Crippen LogP contribution is -2.48. The van der Waals surface area contributed by atoms with Crippen molar-refractivity contribution in [3.8, 4) is 0 Å². The van der Waals surface area contributed by atoms with Gasteiger partial charge in [0.1, 0.15) is 22.2 Å². The maximum Gasteiger partial charge on any atom is 0.419 e. The molecule has 0 fully saturated rings. The molecule has 12 heteroatoms. The summed E-state index contributed by atoms with van der Waals surface area (Å²) in [7, 11) is 0. The molecule has 198 valence electrons. The Morgan fingerprint density at radius 3 is 2.11 bits per heavy atom. The Morgan fingerprint density at radius 2 is 1.53 bits per heavy atom. The third kappa shape index (κ3) is 5.69. The highest BCUT2D eigenvalue weighted by Gasteiger charge is 2.42. The minimum Gasteiger partial charge on any atom is -0.336 e. The molecule has 1 N–H and O–H groups in total. The lowest BCUT2D eigenvalue weighted by atomic mass is 9.82. The molecule has 0 aliphatic rings. The molecule has 0 saturated carbocycles. The van der Waals surface area contributed by atoms with Gasteiger partial charge in [0.25, 0.3) is 5.91 Å². The first-order valence-corrected chi connectivity index (χ1v) is 11.7. The molecular formula is C26H16F8N2OS. The van der Waals surface area contributed by atoms with Gasteiger partial charge in [-0.15, -0.1) is 11.3 Å². The van der Waals surface area contributed by atoms with Crippen LogP contribution in [0, 0.1) is 11.6 Å². The first-order valence-electron chi connectivity index (χ1n) is 10.8. The number of hydrogen-bond acceptors (Lipinski definition) is 3. The summed E-state index contributed by atoms with van der Waals surface area (Å²) in [6.45, 7) is 0. The standard InChI is InChI=1S/C26H16F8N2OS/c27-19-12-17(11-18(13-19)25(29,30)31)24(23-35-8-9-38-23,14-15-4-2-1-3-5-15)36-22(37)16-6-7-20(21(28)10-16)26(32,33)34/h1-13H,14H2,(H,36,37). The zero-order chi connectivity index (χ0) is 27.7. The Hall–Kier alpha value is -3.80. The van der Waals surface area contributed by atoms with Crippen molar-refractivity contribution in [3.63, 3.8) is 0 Å². The average Bonchev–Trinajstić information content (AvgIpc) is 3.38. The number of benzene rings is 3. The highest BCUT2D eigenvalue weighted by atomic mass is 32.1. The molecule has 0 spiro atoms. The molecule has 1 heterocycles. The van der Waals surface area contributed by atoms with Crippen molar-refractivity contribution >= 4 is 17.2 Å². The molecule has 4 rings (SSSR count). The van der Waals surface area contributed by atoms with Crippen LogP contribution in [0.25, 0.3) is 0 Å². The zero-order valence-corrected chi connectivity index (χ0v) is 19.8. The maximum atomic E-state index is 14.6. The highest BCUT2D eigenvalue weighted by molar-refractivity contribution is 7.09. The summed E-state index contributed by atoms with van der Waals surface area (Å²) in [5, 5.41) is 4.09. The number of halogens is 8. The van der Waals surface area contributed by atoms with Gasteiger partial charge in [-0.1, -0.05) is 30.3 Å². The van der Waals surface area contributed by atoms with Crippen LogP contribution >= 0.6 is 11.3 Å². The summed E-state index contributed by atoms with van der Waals surface area (Å²) >= 11 is 0.957. The van der Waals surface area contributed by atoms with Crippen LogP contribution in [-0.2, 0) is 24.3 Å². The van der Waals surface area contributed by atoms with Crippen molar-refractivity contribution in [2.24, 2.45) is 0 Å². The lowest BCUT2D eigenvalue weighted by Gasteiger charge is -2.34. The van der Waals surface area contributed by atoms with Crippen LogP contribution in [0.2, 0.25) is 0 Å². The second-order valence-electron chi connectivity index (χ2n) is 8.28. The van der Waals surface area contributed by atoms with E-state index >= 15 is 0 Å². The minimum atomic E-state index is -5.01. The third-order valence-corrected chi connectivity index (χ3v) is 6.63. The molecule has 1 amide bonds. The van der Waals surface area contributed by atoms with Crippen molar-refractivity contribution in [2.45, 2.75) is 24.3 Å². The van der Waals surface area contributed by atoms with Gasteiger partial charge in [0, 0.05) is 23.6 Å². The predicted octanol–water partition coefficient (Wildman–Crippen LogP) is 7.38. The second kappa shape index (κ2) is 10.2. The van der Waals surface area contributed by atoms with Gasteiger partial charge in [-0.3, -0.25) is 4.79 Å². The van der Waals surface area contributed by atoms with E-state index < -0.39 is 52.1 Å². The van der Waals surface area contributed by atoms with Crippen LogP contribution in [0.4, 0.5) is 35.1 Å². The maximum absolute atomic E-state index is 14.6. The van der Waals surface area contributed by atoms with Gasteiger partial charge < -0.3 is 5.32 Å². The molecule has 0 saturated heterocycles. The predicted molar refractivity (Wildman–Crippen MR) is 123 cm³/mol. The van der Waals surface area contributed by atoms with Crippen LogP contribution in [0.3, 0.4) is 0 Å². The van der Waals surface area contributed by atoms with Crippen molar-refractivity contribution in [1.29, 1.82) is 0 Å². The van der Waals surface area contributed by atoms with Gasteiger partial charge in [-0.25, -0.2) is 13.8 Å². The summed E-state index contributed by atoms with van der Waals surface area (Å²) in [5.41, 5.74) is -5.16. The van der Waals surface area contributed by atoms with Crippen LogP contribution in [0.1, 0.15) is 37.6 Å². The number of alkyl halides is 6. The Bertz CT molecular complexity index is 1440. The average molecular weight is 556 g/mol. The summed E-state index contributed by atoms with van der Waals surface area (Å²) in [6, 6.07) is 11.5. The summed E-state index contributed by atoms with van der Waals surface area (Å²) < 4.78 is 109. The number of aromatic nitrogens is 1. The van der Waals surface area contributed by atoms with Crippen LogP contribution < -0.4 is 5.32 Å². The van der Waals surface area contributed by atoms with Crippen molar-refractivity contribution in [1.82, 2.24) is 10.3 Å². The van der Waals surface area contributed by atoms with Crippen molar-refractivity contribution < 1.29 is 39.9 Å². The van der Waals surface area contributed by atoms with Gasteiger partial charge in [0.2, 0.25) is 0 Å². The van der Waals surface area contributed by atoms with E-state index in [1.54, 1.807) is 30.3 Å². The molecule has 0 bridgehead atoms. The third-order valence-electron chi connectivity index (χ3n) is 5.69. The Balaban J connectivity index is 1.90. The molecule has 4 aromatic rings. The van der Waals surface area contributed by atoms with E-state index in [2.05, 4.69) is 10.3 Å². The number of carbonyl (C=O) groups excluding carboxylic acids is 1. The first-order chi connectivity index (χ1) is 17.8. The van der Waals surface area contributed by atoms with Crippen LogP contribution in [0.15, 0.2) is 78.3 Å². The van der Waals surface area contributed by atoms with Crippen LogP contribution in [0.5, 0.6) is 0 Å². The van der Waals surface area contributed by atoms with E-state index in [9.17, 15) is 39.9 Å². The van der Waals surface area contributed by atoms with Crippen LogP contribution in [-0.4, -0.2) is 10.9 Å². The van der Waals surface area contributed by atoms with Gasteiger partial charge in [-0.2, -0.15) is 26.3 Å². The first kappa shape index (κ1) is 27.2. The van der Waals surface area contributed by atoms with Crippen molar-refractivity contribution in [3.05, 3.63) is 123 Å². The molecular weight excluding hydrogens is 540 g/mol. The topological polar surface area (TPSA) is 42.0 Å². The number of carbonyl (C=O) groups is 1. The molecule has 1 atom stereocenters. The largest absolute Gasteiger partial charge is 0.419 e. The number of nitrogens with zero attached hydrogens (tertiary/aromatic N) is 1. The van der Waals surface area contributed by atoms with E-state index in [4.69, 9.17) is 0 Å². The lowest BCUT2D eigenvalue weighted by molar-refractivity contribution is -0.140. The van der Waals surface area contributed by atoms with E-state index in [0.29, 0.717) is 29.8 Å². The van der Waals surface area contributed by atoms with E-state index in [-0.39, 0.29) is 17.0 Å². The Labute approximate surface area is 214 Å². The number of rotatable bonds is 6.